The third kappa shape index (κ3) is 3.90. The molecule has 0 aliphatic heterocycles. The quantitative estimate of drug-likeness (QED) is 0.794. The van der Waals surface area contributed by atoms with Crippen LogP contribution >= 0.6 is 11.3 Å². The number of halogens is 3. The standard InChI is InChI=1S/C18H16F3NO3S/c1-10(25-17(24)15-9-11-5-4-8-14(11)26-15)16(23)22-13-7-3-2-6-12(13)18(19,20)21/h2-3,6-7,9-10H,4-5,8H2,1H3,(H,22,23)/t10-/m0/s1. The first-order valence-corrected chi connectivity index (χ1v) is 8.87. The van der Waals surface area contributed by atoms with Crippen molar-refractivity contribution < 1.29 is 27.5 Å². The van der Waals surface area contributed by atoms with E-state index in [1.54, 1.807) is 6.07 Å². The van der Waals surface area contributed by atoms with Gasteiger partial charge in [0.2, 0.25) is 0 Å². The summed E-state index contributed by atoms with van der Waals surface area (Å²) in [6.45, 7) is 1.32. The van der Waals surface area contributed by atoms with Crippen LogP contribution < -0.4 is 5.32 Å². The summed E-state index contributed by atoms with van der Waals surface area (Å²) in [6, 6.07) is 6.41. The van der Waals surface area contributed by atoms with Crippen molar-refractivity contribution in [3.05, 3.63) is 51.2 Å². The smallest absolute Gasteiger partial charge is 0.418 e. The molecule has 1 heterocycles. The molecule has 1 aromatic carbocycles. The van der Waals surface area contributed by atoms with Gasteiger partial charge in [-0.1, -0.05) is 12.1 Å². The van der Waals surface area contributed by atoms with Crippen molar-refractivity contribution in [2.24, 2.45) is 0 Å². The Hall–Kier alpha value is -2.35. The topological polar surface area (TPSA) is 55.4 Å². The van der Waals surface area contributed by atoms with E-state index in [1.807, 2.05) is 0 Å². The second-order valence-electron chi connectivity index (χ2n) is 5.99. The fourth-order valence-electron chi connectivity index (χ4n) is 2.78. The van der Waals surface area contributed by atoms with E-state index in [1.165, 1.54) is 30.4 Å². The Bertz CT molecular complexity index is 823. The van der Waals surface area contributed by atoms with Crippen molar-refractivity contribution in [2.75, 3.05) is 5.32 Å². The number of anilines is 1. The number of ether oxygens (including phenoxy) is 1. The van der Waals surface area contributed by atoms with E-state index >= 15 is 0 Å². The van der Waals surface area contributed by atoms with Crippen molar-refractivity contribution in [1.29, 1.82) is 0 Å². The predicted octanol–water partition coefficient (Wildman–Crippen LogP) is 4.44. The van der Waals surface area contributed by atoms with Crippen molar-refractivity contribution in [3.8, 4) is 0 Å². The van der Waals surface area contributed by atoms with Gasteiger partial charge in [0.25, 0.3) is 5.91 Å². The molecular weight excluding hydrogens is 367 g/mol. The van der Waals surface area contributed by atoms with Gasteiger partial charge in [-0.2, -0.15) is 13.2 Å². The number of nitrogens with one attached hydrogen (secondary N) is 1. The zero-order chi connectivity index (χ0) is 18.9. The lowest BCUT2D eigenvalue weighted by atomic mass is 10.1. The van der Waals surface area contributed by atoms with Gasteiger partial charge >= 0.3 is 12.1 Å². The van der Waals surface area contributed by atoms with E-state index in [9.17, 15) is 22.8 Å². The molecule has 1 amide bonds. The first kappa shape index (κ1) is 18.4. The van der Waals surface area contributed by atoms with Crippen LogP contribution in [0.1, 0.15) is 39.0 Å². The van der Waals surface area contributed by atoms with Crippen LogP contribution in [0.15, 0.2) is 30.3 Å². The van der Waals surface area contributed by atoms with Gasteiger partial charge in [0, 0.05) is 4.88 Å². The second kappa shape index (κ2) is 7.11. The molecule has 2 aromatic rings. The summed E-state index contributed by atoms with van der Waals surface area (Å²) < 4.78 is 44.0. The number of hydrogen-bond donors (Lipinski definition) is 1. The molecule has 3 rings (SSSR count). The highest BCUT2D eigenvalue weighted by Gasteiger charge is 2.34. The lowest BCUT2D eigenvalue weighted by Gasteiger charge is -2.16. The molecule has 1 aromatic heterocycles. The lowest BCUT2D eigenvalue weighted by molar-refractivity contribution is -0.137. The van der Waals surface area contributed by atoms with Gasteiger partial charge in [0.15, 0.2) is 6.10 Å². The molecule has 0 bridgehead atoms. The van der Waals surface area contributed by atoms with Crippen LogP contribution in [0.5, 0.6) is 0 Å². The Labute approximate surface area is 152 Å². The summed E-state index contributed by atoms with van der Waals surface area (Å²) in [5.74, 6) is -1.46. The molecule has 0 spiro atoms. The number of rotatable bonds is 4. The van der Waals surface area contributed by atoms with Crippen LogP contribution in [-0.4, -0.2) is 18.0 Å². The number of fused-ring (bicyclic) bond motifs is 1. The summed E-state index contributed by atoms with van der Waals surface area (Å²) in [7, 11) is 0. The second-order valence-corrected chi connectivity index (χ2v) is 7.13. The number of carbonyl (C=O) groups is 2. The number of esters is 1. The SMILES string of the molecule is C[C@H](OC(=O)c1cc2c(s1)CCC2)C(=O)Nc1ccccc1C(F)(F)F. The van der Waals surface area contributed by atoms with Gasteiger partial charge in [0.1, 0.15) is 4.88 Å². The highest BCUT2D eigenvalue weighted by Crippen LogP contribution is 2.35. The number of hydrogen-bond acceptors (Lipinski definition) is 4. The summed E-state index contributed by atoms with van der Waals surface area (Å²) in [6.07, 6.45) is -2.91. The molecule has 1 aliphatic carbocycles. The van der Waals surface area contributed by atoms with Crippen molar-refractivity contribution >= 4 is 28.9 Å². The number of aryl methyl sites for hydroxylation is 2. The number of alkyl halides is 3. The van der Waals surface area contributed by atoms with Crippen molar-refractivity contribution in [2.45, 2.75) is 38.5 Å². The maximum atomic E-state index is 13.0. The van der Waals surface area contributed by atoms with Crippen molar-refractivity contribution in [3.63, 3.8) is 0 Å². The molecule has 8 heteroatoms. The van der Waals surface area contributed by atoms with E-state index in [4.69, 9.17) is 4.74 Å². The number of benzene rings is 1. The van der Waals surface area contributed by atoms with Crippen LogP contribution in [0.25, 0.3) is 0 Å². The zero-order valence-corrected chi connectivity index (χ0v) is 14.7. The molecule has 0 saturated heterocycles. The van der Waals surface area contributed by atoms with Crippen LogP contribution in [0.2, 0.25) is 0 Å². The highest BCUT2D eigenvalue weighted by atomic mass is 32.1. The number of carbonyl (C=O) groups excluding carboxylic acids is 2. The first-order valence-electron chi connectivity index (χ1n) is 8.05. The molecule has 0 saturated carbocycles. The molecule has 26 heavy (non-hydrogen) atoms. The fourth-order valence-corrected chi connectivity index (χ4v) is 3.91. The summed E-state index contributed by atoms with van der Waals surface area (Å²) >= 11 is 1.34. The normalized spacial score (nSPS) is 14.6. The predicted molar refractivity (Wildman–Crippen MR) is 91.3 cm³/mol. The van der Waals surface area contributed by atoms with Gasteiger partial charge in [-0.05, 0) is 49.9 Å². The Morgan fingerprint density at radius 3 is 2.65 bits per heavy atom. The minimum Gasteiger partial charge on any atom is -0.448 e. The van der Waals surface area contributed by atoms with Crippen LogP contribution in [0.4, 0.5) is 18.9 Å². The molecule has 1 aliphatic rings. The largest absolute Gasteiger partial charge is 0.448 e. The van der Waals surface area contributed by atoms with E-state index in [-0.39, 0.29) is 5.69 Å². The van der Waals surface area contributed by atoms with E-state index in [2.05, 4.69) is 5.32 Å². The number of thiophene rings is 1. The fraction of sp³-hybridized carbons (Fsp3) is 0.333. The van der Waals surface area contributed by atoms with E-state index in [0.717, 1.165) is 41.8 Å². The monoisotopic (exact) mass is 383 g/mol. The molecule has 1 N–H and O–H groups in total. The summed E-state index contributed by atoms with van der Waals surface area (Å²) in [5.41, 5.74) is -0.206. The van der Waals surface area contributed by atoms with Gasteiger partial charge in [-0.3, -0.25) is 4.79 Å². The maximum Gasteiger partial charge on any atom is 0.418 e. The molecule has 1 atom stereocenters. The van der Waals surface area contributed by atoms with Gasteiger partial charge < -0.3 is 10.1 Å². The minimum absolute atomic E-state index is 0.372. The summed E-state index contributed by atoms with van der Waals surface area (Å²) in [5, 5.41) is 2.18. The Morgan fingerprint density at radius 2 is 1.96 bits per heavy atom. The Kier molecular flexibility index (Phi) is 5.04. The molecular formula is C18H16F3NO3S. The molecule has 4 nitrogen and oxygen atoms in total. The van der Waals surface area contributed by atoms with E-state index < -0.39 is 29.7 Å². The molecule has 0 fully saturated rings. The average molecular weight is 383 g/mol. The maximum absolute atomic E-state index is 13.0. The average Bonchev–Trinajstić information content (AvgIpc) is 3.15. The Balaban J connectivity index is 1.66. The van der Waals surface area contributed by atoms with Gasteiger partial charge in [0.05, 0.1) is 11.3 Å². The molecule has 0 unspecified atom stereocenters. The third-order valence-corrected chi connectivity index (χ3v) is 5.31. The minimum atomic E-state index is -4.60. The molecule has 138 valence electrons. The van der Waals surface area contributed by atoms with Crippen LogP contribution in [-0.2, 0) is 28.5 Å². The van der Waals surface area contributed by atoms with E-state index in [0.29, 0.717) is 4.88 Å². The molecule has 0 radical (unpaired) electrons. The number of amides is 1. The first-order chi connectivity index (χ1) is 12.3. The van der Waals surface area contributed by atoms with Crippen molar-refractivity contribution in [1.82, 2.24) is 0 Å². The summed E-state index contributed by atoms with van der Waals surface area (Å²) in [4.78, 5) is 25.9. The van der Waals surface area contributed by atoms with Gasteiger partial charge in [-0.15, -0.1) is 11.3 Å². The van der Waals surface area contributed by atoms with Crippen LogP contribution in [0, 0.1) is 0 Å². The zero-order valence-electron chi connectivity index (χ0n) is 13.9. The highest BCUT2D eigenvalue weighted by molar-refractivity contribution is 7.14. The Morgan fingerprint density at radius 1 is 1.23 bits per heavy atom. The third-order valence-electron chi connectivity index (χ3n) is 4.09. The van der Waals surface area contributed by atoms with Crippen LogP contribution in [0.3, 0.4) is 0 Å². The lowest BCUT2D eigenvalue weighted by Crippen LogP contribution is -2.30. The van der Waals surface area contributed by atoms with Gasteiger partial charge in [-0.25, -0.2) is 4.79 Å². The number of para-hydroxylation sites is 1.